The van der Waals surface area contributed by atoms with Crippen LogP contribution in [0.4, 0.5) is 4.79 Å². The molecule has 0 aromatic carbocycles. The van der Waals surface area contributed by atoms with Crippen LogP contribution in [0.3, 0.4) is 0 Å². The Balaban J connectivity index is 2.14. The maximum absolute atomic E-state index is 10.4. The zero-order valence-electron chi connectivity index (χ0n) is 7.79. The maximum Gasteiger partial charge on any atom is 0.512 e. The standard InChI is InChI=1S/C10H9NO4/c12-10(13)15-9-4-1-5-11(9)7-8-3-2-6-14-8/h1-6H,7H2,(H,12,13). The molecular weight excluding hydrogens is 198 g/mol. The Hall–Kier alpha value is -2.17. The van der Waals surface area contributed by atoms with E-state index in [1.165, 1.54) is 0 Å². The van der Waals surface area contributed by atoms with Crippen LogP contribution in [-0.4, -0.2) is 15.8 Å². The molecule has 0 spiro atoms. The molecule has 15 heavy (non-hydrogen) atoms. The van der Waals surface area contributed by atoms with Gasteiger partial charge in [-0.15, -0.1) is 0 Å². The lowest BCUT2D eigenvalue weighted by Gasteiger charge is -2.05. The van der Waals surface area contributed by atoms with Crippen LogP contribution < -0.4 is 4.74 Å². The summed E-state index contributed by atoms with van der Waals surface area (Å²) in [5.74, 6) is 1.01. The Kier molecular flexibility index (Phi) is 2.45. The summed E-state index contributed by atoms with van der Waals surface area (Å²) in [5, 5.41) is 8.48. The van der Waals surface area contributed by atoms with Gasteiger partial charge in [-0.2, -0.15) is 0 Å². The second-order valence-electron chi connectivity index (χ2n) is 2.92. The first-order valence-corrected chi connectivity index (χ1v) is 4.34. The van der Waals surface area contributed by atoms with Crippen LogP contribution in [0.25, 0.3) is 0 Å². The predicted octanol–water partition coefficient (Wildman–Crippen LogP) is 2.19. The highest BCUT2D eigenvalue weighted by molar-refractivity contribution is 5.60. The van der Waals surface area contributed by atoms with Crippen LogP contribution in [0.15, 0.2) is 41.1 Å². The highest BCUT2D eigenvalue weighted by Gasteiger charge is 2.07. The molecule has 1 N–H and O–H groups in total. The van der Waals surface area contributed by atoms with E-state index < -0.39 is 6.16 Å². The maximum atomic E-state index is 10.4. The van der Waals surface area contributed by atoms with Crippen molar-refractivity contribution >= 4 is 6.16 Å². The van der Waals surface area contributed by atoms with E-state index in [1.807, 2.05) is 6.07 Å². The van der Waals surface area contributed by atoms with Crippen molar-refractivity contribution in [1.82, 2.24) is 4.57 Å². The third kappa shape index (κ3) is 2.19. The summed E-state index contributed by atoms with van der Waals surface area (Å²) in [7, 11) is 0. The van der Waals surface area contributed by atoms with E-state index in [0.717, 1.165) is 5.76 Å². The first kappa shape index (κ1) is 9.39. The Morgan fingerprint density at radius 1 is 1.47 bits per heavy atom. The number of carboxylic acid groups (broad SMARTS) is 1. The molecule has 0 atom stereocenters. The largest absolute Gasteiger partial charge is 0.512 e. The molecule has 0 unspecified atom stereocenters. The molecule has 2 aromatic heterocycles. The van der Waals surface area contributed by atoms with Crippen LogP contribution in [0.1, 0.15) is 5.76 Å². The highest BCUT2D eigenvalue weighted by Crippen LogP contribution is 2.15. The minimum Gasteiger partial charge on any atom is -0.467 e. The van der Waals surface area contributed by atoms with E-state index in [-0.39, 0.29) is 5.88 Å². The predicted molar refractivity (Wildman–Crippen MR) is 50.9 cm³/mol. The number of nitrogens with zero attached hydrogens (tertiary/aromatic N) is 1. The van der Waals surface area contributed by atoms with Gasteiger partial charge in [-0.25, -0.2) is 4.79 Å². The van der Waals surface area contributed by atoms with Gasteiger partial charge in [0, 0.05) is 12.3 Å². The van der Waals surface area contributed by atoms with E-state index in [0.29, 0.717) is 6.54 Å². The molecule has 2 heterocycles. The van der Waals surface area contributed by atoms with Crippen LogP contribution in [0.5, 0.6) is 5.88 Å². The number of hydrogen-bond donors (Lipinski definition) is 1. The lowest BCUT2D eigenvalue weighted by atomic mass is 10.4. The van der Waals surface area contributed by atoms with E-state index in [9.17, 15) is 4.79 Å². The molecule has 0 amide bonds. The molecule has 0 aliphatic heterocycles. The molecule has 2 aromatic rings. The summed E-state index contributed by atoms with van der Waals surface area (Å²) in [5.41, 5.74) is 0. The summed E-state index contributed by atoms with van der Waals surface area (Å²) >= 11 is 0. The van der Waals surface area contributed by atoms with Gasteiger partial charge in [0.1, 0.15) is 5.76 Å². The fraction of sp³-hybridized carbons (Fsp3) is 0.100. The van der Waals surface area contributed by atoms with E-state index in [1.54, 1.807) is 35.2 Å². The van der Waals surface area contributed by atoms with Crippen LogP contribution >= 0.6 is 0 Å². The van der Waals surface area contributed by atoms with E-state index in [2.05, 4.69) is 4.74 Å². The second kappa shape index (κ2) is 3.91. The van der Waals surface area contributed by atoms with Crippen molar-refractivity contribution in [3.05, 3.63) is 42.5 Å². The fourth-order valence-electron chi connectivity index (χ4n) is 1.28. The smallest absolute Gasteiger partial charge is 0.467 e. The van der Waals surface area contributed by atoms with Gasteiger partial charge in [-0.05, 0) is 18.2 Å². The van der Waals surface area contributed by atoms with Crippen molar-refractivity contribution in [2.75, 3.05) is 0 Å². The summed E-state index contributed by atoms with van der Waals surface area (Å²) in [6.07, 6.45) is 1.96. The summed E-state index contributed by atoms with van der Waals surface area (Å²) < 4.78 is 11.4. The molecule has 5 heteroatoms. The zero-order chi connectivity index (χ0) is 10.7. The quantitative estimate of drug-likeness (QED) is 0.783. The second-order valence-corrected chi connectivity index (χ2v) is 2.92. The van der Waals surface area contributed by atoms with Crippen molar-refractivity contribution in [3.8, 4) is 5.88 Å². The average Bonchev–Trinajstić information content (AvgIpc) is 2.78. The number of carbonyl (C=O) groups is 1. The van der Waals surface area contributed by atoms with Gasteiger partial charge in [0.25, 0.3) is 0 Å². The summed E-state index contributed by atoms with van der Waals surface area (Å²) in [4.78, 5) is 10.4. The third-order valence-electron chi connectivity index (χ3n) is 1.89. The molecule has 5 nitrogen and oxygen atoms in total. The monoisotopic (exact) mass is 207 g/mol. The van der Waals surface area contributed by atoms with Crippen LogP contribution in [-0.2, 0) is 6.54 Å². The summed E-state index contributed by atoms with van der Waals surface area (Å²) in [6, 6.07) is 6.87. The van der Waals surface area contributed by atoms with Gasteiger partial charge in [-0.3, -0.25) is 0 Å². The Morgan fingerprint density at radius 2 is 2.33 bits per heavy atom. The Labute approximate surface area is 85.5 Å². The molecule has 0 saturated heterocycles. The Bertz CT molecular complexity index is 444. The first-order valence-electron chi connectivity index (χ1n) is 4.34. The molecule has 0 aliphatic rings. The molecule has 0 aliphatic carbocycles. The van der Waals surface area contributed by atoms with E-state index in [4.69, 9.17) is 9.52 Å². The van der Waals surface area contributed by atoms with Gasteiger partial charge >= 0.3 is 6.16 Å². The van der Waals surface area contributed by atoms with Crippen molar-refractivity contribution < 1.29 is 19.1 Å². The number of ether oxygens (including phenoxy) is 1. The SMILES string of the molecule is O=C(O)Oc1cccn1Cc1ccco1. The molecule has 0 saturated carbocycles. The van der Waals surface area contributed by atoms with Crippen molar-refractivity contribution in [1.29, 1.82) is 0 Å². The topological polar surface area (TPSA) is 64.6 Å². The minimum absolute atomic E-state index is 0.277. The number of aromatic nitrogens is 1. The van der Waals surface area contributed by atoms with Crippen LogP contribution in [0, 0.1) is 0 Å². The molecule has 78 valence electrons. The molecule has 0 bridgehead atoms. The van der Waals surface area contributed by atoms with Gasteiger partial charge in [-0.1, -0.05) is 0 Å². The van der Waals surface area contributed by atoms with Gasteiger partial charge < -0.3 is 18.8 Å². The number of hydrogen-bond acceptors (Lipinski definition) is 3. The summed E-state index contributed by atoms with van der Waals surface area (Å²) in [6.45, 7) is 0.447. The minimum atomic E-state index is -1.32. The molecular formula is C10H9NO4. The first-order chi connectivity index (χ1) is 7.25. The highest BCUT2D eigenvalue weighted by atomic mass is 16.7. The normalized spacial score (nSPS) is 10.1. The van der Waals surface area contributed by atoms with Crippen molar-refractivity contribution in [3.63, 3.8) is 0 Å². The van der Waals surface area contributed by atoms with Crippen LogP contribution in [0.2, 0.25) is 0 Å². The van der Waals surface area contributed by atoms with Gasteiger partial charge in [0.05, 0.1) is 12.8 Å². The van der Waals surface area contributed by atoms with Crippen molar-refractivity contribution in [2.24, 2.45) is 0 Å². The third-order valence-corrected chi connectivity index (χ3v) is 1.89. The number of furan rings is 1. The zero-order valence-corrected chi connectivity index (χ0v) is 7.79. The lowest BCUT2D eigenvalue weighted by Crippen LogP contribution is -2.08. The van der Waals surface area contributed by atoms with Crippen molar-refractivity contribution in [2.45, 2.75) is 6.54 Å². The molecule has 0 radical (unpaired) electrons. The molecule has 2 rings (SSSR count). The lowest BCUT2D eigenvalue weighted by molar-refractivity contribution is 0.140. The fourth-order valence-corrected chi connectivity index (χ4v) is 1.28. The Morgan fingerprint density at radius 3 is 3.00 bits per heavy atom. The van der Waals surface area contributed by atoms with Gasteiger partial charge in [0.2, 0.25) is 5.88 Å². The molecule has 0 fully saturated rings. The van der Waals surface area contributed by atoms with E-state index >= 15 is 0 Å². The average molecular weight is 207 g/mol. The van der Waals surface area contributed by atoms with Gasteiger partial charge in [0.15, 0.2) is 0 Å². The number of rotatable bonds is 3.